The number of nitriles is 1. The average molecular weight is 388 g/mol. The maximum atomic E-state index is 12.4. The summed E-state index contributed by atoms with van der Waals surface area (Å²) < 4.78 is 0. The lowest BCUT2D eigenvalue weighted by Crippen LogP contribution is -2.38. The van der Waals surface area contributed by atoms with E-state index in [1.807, 2.05) is 13.8 Å². The smallest absolute Gasteiger partial charge is 0.325 e. The molecule has 144 valence electrons. The van der Waals surface area contributed by atoms with Crippen LogP contribution in [0.25, 0.3) is 0 Å². The average Bonchev–Trinajstić information content (AvgIpc) is 3.05. The van der Waals surface area contributed by atoms with Gasteiger partial charge in [-0.05, 0) is 43.1 Å². The Morgan fingerprint density at radius 2 is 2.19 bits per heavy atom. The van der Waals surface area contributed by atoms with Gasteiger partial charge in [-0.2, -0.15) is 5.26 Å². The van der Waals surface area contributed by atoms with E-state index in [1.54, 1.807) is 0 Å². The van der Waals surface area contributed by atoms with E-state index in [0.717, 1.165) is 34.6 Å². The van der Waals surface area contributed by atoms with E-state index in [9.17, 15) is 19.6 Å². The lowest BCUT2D eigenvalue weighted by molar-refractivity contribution is -0.131. The van der Waals surface area contributed by atoms with Crippen LogP contribution in [0.5, 0.6) is 0 Å². The summed E-state index contributed by atoms with van der Waals surface area (Å²) in [4.78, 5) is 39.0. The number of carbonyl (C=O) groups excluding carboxylic acids is 3. The minimum Gasteiger partial charge on any atom is -0.326 e. The number of nitrogens with one attached hydrogen (secondary N) is 2. The van der Waals surface area contributed by atoms with E-state index in [2.05, 4.69) is 23.6 Å². The first-order chi connectivity index (χ1) is 12.8. The van der Waals surface area contributed by atoms with Crippen LogP contribution in [0.4, 0.5) is 9.80 Å². The third-order valence-corrected chi connectivity index (χ3v) is 6.16. The molecule has 1 fully saturated rings. The van der Waals surface area contributed by atoms with Crippen molar-refractivity contribution < 1.29 is 14.4 Å². The number of hydrogen-bond acceptors (Lipinski definition) is 5. The van der Waals surface area contributed by atoms with Crippen molar-refractivity contribution in [3.05, 3.63) is 16.0 Å². The highest BCUT2D eigenvalue weighted by Gasteiger charge is 2.39. The molecule has 0 unspecified atom stereocenters. The number of carbonyl (C=O) groups is 3. The topological polar surface area (TPSA) is 102 Å². The standard InChI is InChI=1S/C19H24N4O3S/c1-10(2)6-14-18(25)23(19(26)21-14)9-16(24)22-17-13(8-20)12-5-4-11(3)7-15(12)27-17/h10-11,14H,4-7,9H2,1-3H3,(H,21,26)(H,22,24)/t11-,14+/m0/s1. The molecule has 0 bridgehead atoms. The lowest BCUT2D eigenvalue weighted by Gasteiger charge is -2.17. The number of fused-ring (bicyclic) bond motifs is 1. The number of thiophene rings is 1. The number of nitrogens with zero attached hydrogens (tertiary/aromatic N) is 2. The number of imide groups is 1. The van der Waals surface area contributed by atoms with Gasteiger partial charge in [-0.25, -0.2) is 4.79 Å². The second kappa shape index (κ2) is 7.69. The molecule has 4 amide bonds. The van der Waals surface area contributed by atoms with Crippen molar-refractivity contribution in [3.63, 3.8) is 0 Å². The van der Waals surface area contributed by atoms with E-state index in [0.29, 0.717) is 22.9 Å². The molecule has 2 aliphatic rings. The van der Waals surface area contributed by atoms with Crippen LogP contribution in [0.1, 0.15) is 49.6 Å². The maximum absolute atomic E-state index is 12.4. The fraction of sp³-hybridized carbons (Fsp3) is 0.579. The van der Waals surface area contributed by atoms with Gasteiger partial charge in [0.25, 0.3) is 5.91 Å². The van der Waals surface area contributed by atoms with Crippen LogP contribution < -0.4 is 10.6 Å². The molecule has 1 aromatic rings. The molecule has 0 spiro atoms. The third-order valence-electron chi connectivity index (χ3n) is 4.99. The van der Waals surface area contributed by atoms with Gasteiger partial charge >= 0.3 is 6.03 Å². The zero-order valence-corrected chi connectivity index (χ0v) is 16.6. The van der Waals surface area contributed by atoms with E-state index < -0.39 is 18.0 Å². The van der Waals surface area contributed by atoms with Crippen molar-refractivity contribution in [3.8, 4) is 6.07 Å². The number of hydrogen-bond donors (Lipinski definition) is 2. The SMILES string of the molecule is CC(C)C[C@H]1NC(=O)N(CC(=O)Nc2sc3c(c2C#N)CC[C@H](C)C3)C1=O. The molecular formula is C19H24N4O3S. The fourth-order valence-electron chi connectivity index (χ4n) is 3.62. The van der Waals surface area contributed by atoms with Crippen LogP contribution in [0.15, 0.2) is 0 Å². The molecule has 3 rings (SSSR count). The molecule has 1 saturated heterocycles. The zero-order valence-electron chi connectivity index (χ0n) is 15.8. The summed E-state index contributed by atoms with van der Waals surface area (Å²) in [7, 11) is 0. The molecule has 1 aromatic heterocycles. The summed E-state index contributed by atoms with van der Waals surface area (Å²) in [5.41, 5.74) is 1.55. The summed E-state index contributed by atoms with van der Waals surface area (Å²) in [6.45, 7) is 5.77. The number of urea groups is 1. The van der Waals surface area contributed by atoms with Crippen LogP contribution >= 0.6 is 11.3 Å². The first-order valence-electron chi connectivity index (χ1n) is 9.26. The molecular weight excluding hydrogens is 364 g/mol. The molecule has 8 heteroatoms. The summed E-state index contributed by atoms with van der Waals surface area (Å²) in [5.74, 6) is -0.0170. The van der Waals surface area contributed by atoms with Crippen molar-refractivity contribution in [1.29, 1.82) is 5.26 Å². The monoisotopic (exact) mass is 388 g/mol. The summed E-state index contributed by atoms with van der Waals surface area (Å²) in [6.07, 6.45) is 3.33. The highest BCUT2D eigenvalue weighted by Crippen LogP contribution is 2.39. The van der Waals surface area contributed by atoms with E-state index in [1.165, 1.54) is 11.3 Å². The van der Waals surface area contributed by atoms with Gasteiger partial charge in [-0.3, -0.25) is 14.5 Å². The Labute approximate surface area is 162 Å². The molecule has 27 heavy (non-hydrogen) atoms. The predicted molar refractivity (Wildman–Crippen MR) is 102 cm³/mol. The minimum atomic E-state index is -0.574. The Morgan fingerprint density at radius 3 is 2.85 bits per heavy atom. The van der Waals surface area contributed by atoms with Crippen LogP contribution in [0.2, 0.25) is 0 Å². The Hall–Kier alpha value is -2.40. The molecule has 7 nitrogen and oxygen atoms in total. The van der Waals surface area contributed by atoms with Crippen molar-refractivity contribution in [2.75, 3.05) is 11.9 Å². The van der Waals surface area contributed by atoms with Crippen LogP contribution in [-0.2, 0) is 22.4 Å². The Kier molecular flexibility index (Phi) is 5.51. The second-order valence-corrected chi connectivity index (χ2v) is 8.88. The van der Waals surface area contributed by atoms with Gasteiger partial charge in [0.05, 0.1) is 5.56 Å². The first-order valence-corrected chi connectivity index (χ1v) is 10.1. The number of rotatable bonds is 5. The zero-order chi connectivity index (χ0) is 19.7. The van der Waals surface area contributed by atoms with Gasteiger partial charge in [-0.1, -0.05) is 20.8 Å². The quantitative estimate of drug-likeness (QED) is 0.757. The molecule has 2 atom stereocenters. The first kappa shape index (κ1) is 19.4. The predicted octanol–water partition coefficient (Wildman–Crippen LogP) is 2.65. The molecule has 2 heterocycles. The second-order valence-electron chi connectivity index (χ2n) is 7.77. The third kappa shape index (κ3) is 3.98. The van der Waals surface area contributed by atoms with Crippen LogP contribution in [-0.4, -0.2) is 35.3 Å². The fourth-order valence-corrected chi connectivity index (χ4v) is 5.00. The van der Waals surface area contributed by atoms with Gasteiger partial charge in [0, 0.05) is 4.88 Å². The largest absolute Gasteiger partial charge is 0.326 e. The Morgan fingerprint density at radius 1 is 1.44 bits per heavy atom. The normalized spacial score (nSPS) is 21.8. The van der Waals surface area contributed by atoms with Crippen LogP contribution in [0.3, 0.4) is 0 Å². The van der Waals surface area contributed by atoms with Gasteiger partial charge in [0.1, 0.15) is 23.7 Å². The molecule has 1 aliphatic carbocycles. The summed E-state index contributed by atoms with van der Waals surface area (Å²) >= 11 is 1.43. The van der Waals surface area contributed by atoms with Crippen molar-refractivity contribution >= 4 is 34.2 Å². The van der Waals surface area contributed by atoms with Gasteiger partial charge in [0.2, 0.25) is 5.91 Å². The number of anilines is 1. The maximum Gasteiger partial charge on any atom is 0.325 e. The molecule has 1 aliphatic heterocycles. The van der Waals surface area contributed by atoms with Crippen molar-refractivity contribution in [1.82, 2.24) is 10.2 Å². The van der Waals surface area contributed by atoms with Gasteiger partial charge in [-0.15, -0.1) is 11.3 Å². The van der Waals surface area contributed by atoms with E-state index in [-0.39, 0.29) is 18.4 Å². The summed E-state index contributed by atoms with van der Waals surface area (Å²) in [5, 5.41) is 15.4. The summed E-state index contributed by atoms with van der Waals surface area (Å²) in [6, 6.07) is 1.08. The van der Waals surface area contributed by atoms with Crippen molar-refractivity contribution in [2.24, 2.45) is 11.8 Å². The minimum absolute atomic E-state index is 0.256. The Balaban J connectivity index is 1.69. The highest BCUT2D eigenvalue weighted by molar-refractivity contribution is 7.16. The van der Waals surface area contributed by atoms with Gasteiger partial charge in [0.15, 0.2) is 0 Å². The molecule has 0 aromatic carbocycles. The molecule has 2 N–H and O–H groups in total. The van der Waals surface area contributed by atoms with Crippen molar-refractivity contribution in [2.45, 2.75) is 52.5 Å². The lowest BCUT2D eigenvalue weighted by atomic mass is 9.89. The molecule has 0 saturated carbocycles. The van der Waals surface area contributed by atoms with Crippen LogP contribution in [0, 0.1) is 23.2 Å². The highest BCUT2D eigenvalue weighted by atomic mass is 32.1. The van der Waals surface area contributed by atoms with E-state index in [4.69, 9.17) is 0 Å². The Bertz CT molecular complexity index is 824. The van der Waals surface area contributed by atoms with E-state index >= 15 is 0 Å². The molecule has 0 radical (unpaired) electrons. The number of amides is 4. The van der Waals surface area contributed by atoms with Gasteiger partial charge < -0.3 is 10.6 Å².